The van der Waals surface area contributed by atoms with Crippen LogP contribution in [0.5, 0.6) is 0 Å². The highest BCUT2D eigenvalue weighted by Gasteiger charge is 2.27. The second-order valence-electron chi connectivity index (χ2n) is 4.62. The molecule has 120 valence electrons. The van der Waals surface area contributed by atoms with Crippen molar-refractivity contribution in [1.82, 2.24) is 0 Å². The lowest BCUT2D eigenvalue weighted by atomic mass is 10.4. The highest BCUT2D eigenvalue weighted by atomic mass is 32.2. The predicted molar refractivity (Wildman–Crippen MR) is 84.6 cm³/mol. The number of nitrogens with two attached hydrogens (primary N) is 2. The van der Waals surface area contributed by atoms with Crippen LogP contribution < -0.4 is 16.8 Å². The highest BCUT2D eigenvalue weighted by Crippen LogP contribution is 2.39. The summed E-state index contributed by atoms with van der Waals surface area (Å²) in [5.74, 6) is -0.847. The third-order valence-electron chi connectivity index (χ3n) is 2.65. The van der Waals surface area contributed by atoms with Crippen molar-refractivity contribution < 1.29 is 17.9 Å². The van der Waals surface area contributed by atoms with Crippen LogP contribution in [-0.2, 0) is 14.6 Å². The molecule has 0 unspecified atom stereocenters. The summed E-state index contributed by atoms with van der Waals surface area (Å²) in [6.45, 7) is 6.14. The number of nitrogens with one attached hydrogen (secondary N) is 1. The van der Waals surface area contributed by atoms with E-state index in [0.29, 0.717) is 18.2 Å². The van der Waals surface area contributed by atoms with Crippen LogP contribution in [0.4, 0.5) is 10.7 Å². The number of hydrogen-bond acceptors (Lipinski definition) is 7. The van der Waals surface area contributed by atoms with Crippen LogP contribution >= 0.6 is 11.3 Å². The van der Waals surface area contributed by atoms with Crippen molar-refractivity contribution in [2.75, 3.05) is 30.0 Å². The lowest BCUT2D eigenvalue weighted by Gasteiger charge is -2.10. The van der Waals surface area contributed by atoms with Gasteiger partial charge in [0, 0.05) is 6.54 Å². The average Bonchev–Trinajstić information content (AvgIpc) is 2.72. The van der Waals surface area contributed by atoms with Gasteiger partial charge in [0.2, 0.25) is 0 Å². The zero-order valence-corrected chi connectivity index (χ0v) is 13.9. The fraction of sp³-hybridized carbons (Fsp3) is 0.583. The third kappa shape index (κ3) is 4.32. The summed E-state index contributed by atoms with van der Waals surface area (Å²) in [5.41, 5.74) is 10.9. The van der Waals surface area contributed by atoms with Crippen molar-refractivity contribution in [3.8, 4) is 0 Å². The predicted octanol–water partition coefficient (Wildman–Crippen LogP) is 1.06. The molecular formula is C12H21N3O4S2. The second-order valence-corrected chi connectivity index (χ2v) is 7.85. The van der Waals surface area contributed by atoms with E-state index in [1.807, 2.05) is 13.8 Å². The van der Waals surface area contributed by atoms with Gasteiger partial charge in [0.05, 0.1) is 24.2 Å². The molecule has 5 N–H and O–H groups in total. The van der Waals surface area contributed by atoms with Crippen LogP contribution in [0.2, 0.25) is 0 Å². The van der Waals surface area contributed by atoms with Crippen LogP contribution in [0, 0.1) is 0 Å². The van der Waals surface area contributed by atoms with Gasteiger partial charge in [0.15, 0.2) is 9.84 Å². The molecule has 0 aliphatic heterocycles. The van der Waals surface area contributed by atoms with E-state index in [1.165, 1.54) is 6.92 Å². The molecule has 9 heteroatoms. The number of ether oxygens (including phenoxy) is 1. The van der Waals surface area contributed by atoms with E-state index in [1.54, 1.807) is 0 Å². The van der Waals surface area contributed by atoms with Gasteiger partial charge in [-0.1, -0.05) is 6.92 Å². The number of sulfone groups is 1. The van der Waals surface area contributed by atoms with E-state index in [9.17, 15) is 13.2 Å². The Morgan fingerprint density at radius 1 is 1.43 bits per heavy atom. The summed E-state index contributed by atoms with van der Waals surface area (Å²) >= 11 is 0.950. The Hall–Kier alpha value is -1.32. The van der Waals surface area contributed by atoms with E-state index >= 15 is 0 Å². The molecule has 0 radical (unpaired) electrons. The first kappa shape index (κ1) is 17.7. The van der Waals surface area contributed by atoms with E-state index < -0.39 is 15.7 Å². The van der Waals surface area contributed by atoms with Gasteiger partial charge in [-0.15, -0.1) is 11.3 Å². The molecule has 1 rings (SSSR count). The van der Waals surface area contributed by atoms with Gasteiger partial charge in [-0.25, -0.2) is 8.42 Å². The third-order valence-corrected chi connectivity index (χ3v) is 5.77. The Balaban J connectivity index is 3.07. The minimum absolute atomic E-state index is 0.0478. The Bertz CT molecular complexity index is 608. The number of carbonyl (C=O) groups is 1. The summed E-state index contributed by atoms with van der Waals surface area (Å²) in [6, 6.07) is 0. The summed E-state index contributed by atoms with van der Waals surface area (Å²) in [4.78, 5) is 11.3. The first-order valence-corrected chi connectivity index (χ1v) is 8.97. The van der Waals surface area contributed by atoms with Gasteiger partial charge in [-0.2, -0.15) is 0 Å². The van der Waals surface area contributed by atoms with Gasteiger partial charge < -0.3 is 21.5 Å². The van der Waals surface area contributed by atoms with Crippen LogP contribution in [0.1, 0.15) is 30.4 Å². The summed E-state index contributed by atoms with van der Waals surface area (Å²) in [6.07, 6.45) is 0.0835. The largest absolute Gasteiger partial charge is 0.396 e. The molecule has 0 fully saturated rings. The first-order valence-electron chi connectivity index (χ1n) is 6.51. The molecule has 1 heterocycles. The maximum Gasteiger partial charge on any atom is 0.261 e. The molecule has 0 saturated heterocycles. The summed E-state index contributed by atoms with van der Waals surface area (Å²) in [5, 5.41) is 3.28. The van der Waals surface area contributed by atoms with E-state index in [-0.39, 0.29) is 27.3 Å². The molecule has 7 nitrogen and oxygen atoms in total. The fourth-order valence-electron chi connectivity index (χ4n) is 1.64. The molecule has 0 bridgehead atoms. The van der Waals surface area contributed by atoms with Gasteiger partial charge in [0.25, 0.3) is 5.91 Å². The second kappa shape index (κ2) is 7.10. The number of carbonyl (C=O) groups excluding carboxylic acids is 1. The molecule has 1 aromatic heterocycles. The number of hydrogen-bond donors (Lipinski definition) is 3. The van der Waals surface area contributed by atoms with E-state index in [4.69, 9.17) is 16.2 Å². The fourth-order valence-corrected chi connectivity index (χ4v) is 4.19. The molecule has 0 aliphatic carbocycles. The number of amides is 1. The van der Waals surface area contributed by atoms with Crippen molar-refractivity contribution >= 4 is 37.8 Å². The molecule has 0 saturated carbocycles. The van der Waals surface area contributed by atoms with Gasteiger partial charge >= 0.3 is 0 Å². The molecule has 0 aliphatic rings. The number of rotatable bonds is 8. The summed E-state index contributed by atoms with van der Waals surface area (Å²) in [7, 11) is -3.55. The zero-order chi connectivity index (χ0) is 16.2. The van der Waals surface area contributed by atoms with Crippen LogP contribution in [-0.4, -0.2) is 39.3 Å². The van der Waals surface area contributed by atoms with Crippen molar-refractivity contribution in [3.63, 3.8) is 0 Å². The van der Waals surface area contributed by atoms with Crippen LogP contribution in [0.15, 0.2) is 4.90 Å². The van der Waals surface area contributed by atoms with Gasteiger partial charge in [-0.05, 0) is 13.8 Å². The van der Waals surface area contributed by atoms with Crippen LogP contribution in [0.25, 0.3) is 0 Å². The van der Waals surface area contributed by atoms with Crippen LogP contribution in [0.3, 0.4) is 0 Å². The SMILES string of the molecule is CCS(=O)(=O)c1c(NCCOC(C)C)sc(C(N)=O)c1N. The first-order chi connectivity index (χ1) is 9.70. The maximum atomic E-state index is 12.1. The summed E-state index contributed by atoms with van der Waals surface area (Å²) < 4.78 is 29.6. The lowest BCUT2D eigenvalue weighted by Crippen LogP contribution is -2.15. The number of nitrogen functional groups attached to an aromatic ring is 1. The number of primary amides is 1. The maximum absolute atomic E-state index is 12.1. The molecule has 0 aromatic carbocycles. The van der Waals surface area contributed by atoms with E-state index in [0.717, 1.165) is 11.3 Å². The van der Waals surface area contributed by atoms with E-state index in [2.05, 4.69) is 5.32 Å². The Kier molecular flexibility index (Phi) is 5.99. The molecule has 0 spiro atoms. The Morgan fingerprint density at radius 3 is 2.52 bits per heavy atom. The molecule has 1 aromatic rings. The zero-order valence-electron chi connectivity index (χ0n) is 12.3. The topological polar surface area (TPSA) is 125 Å². The minimum atomic E-state index is -3.55. The average molecular weight is 335 g/mol. The minimum Gasteiger partial charge on any atom is -0.396 e. The number of thiophene rings is 1. The van der Waals surface area contributed by atoms with Gasteiger partial charge in [0.1, 0.15) is 14.8 Å². The van der Waals surface area contributed by atoms with Crippen molar-refractivity contribution in [2.24, 2.45) is 5.73 Å². The smallest absolute Gasteiger partial charge is 0.261 e. The molecule has 21 heavy (non-hydrogen) atoms. The lowest BCUT2D eigenvalue weighted by molar-refractivity contribution is 0.0870. The molecular weight excluding hydrogens is 314 g/mol. The van der Waals surface area contributed by atoms with Crippen molar-refractivity contribution in [2.45, 2.75) is 31.8 Å². The number of anilines is 2. The monoisotopic (exact) mass is 335 g/mol. The Labute approximate surface area is 128 Å². The standard InChI is InChI=1S/C12H21N3O4S2/c1-4-21(17,18)10-8(13)9(11(14)16)20-12(10)15-5-6-19-7(2)3/h7,15H,4-6,13H2,1-3H3,(H2,14,16). The molecule has 1 amide bonds. The highest BCUT2D eigenvalue weighted by molar-refractivity contribution is 7.91. The quantitative estimate of drug-likeness (QED) is 0.610. The Morgan fingerprint density at radius 2 is 2.05 bits per heavy atom. The molecule has 0 atom stereocenters. The van der Waals surface area contributed by atoms with Crippen molar-refractivity contribution in [1.29, 1.82) is 0 Å². The van der Waals surface area contributed by atoms with Gasteiger partial charge in [-0.3, -0.25) is 4.79 Å². The van der Waals surface area contributed by atoms with Crippen molar-refractivity contribution in [3.05, 3.63) is 4.88 Å². The normalized spacial score (nSPS) is 11.8.